The summed E-state index contributed by atoms with van der Waals surface area (Å²) in [6.45, 7) is 2.17. The number of halogens is 1. The van der Waals surface area contributed by atoms with Gasteiger partial charge in [-0.05, 0) is 53.0 Å². The summed E-state index contributed by atoms with van der Waals surface area (Å²) in [5.74, 6) is 0. The molecule has 0 aliphatic carbocycles. The lowest BCUT2D eigenvalue weighted by Crippen LogP contribution is -2.18. The fraction of sp³-hybridized carbons (Fsp3) is 0.188. The molecule has 0 aliphatic rings. The van der Waals surface area contributed by atoms with Crippen molar-refractivity contribution in [2.24, 2.45) is 5.73 Å². The van der Waals surface area contributed by atoms with Crippen LogP contribution in [-0.4, -0.2) is 11.0 Å². The minimum Gasteiger partial charge on any atom is -0.389 e. The first-order valence-corrected chi connectivity index (χ1v) is 7.66. The van der Waals surface area contributed by atoms with Gasteiger partial charge < -0.3 is 11.1 Å². The SMILES string of the molecule is CC(Cc1ccccc1)Nc1ccc(C(N)=S)c(Br)c1. The van der Waals surface area contributed by atoms with Gasteiger partial charge in [-0.1, -0.05) is 42.5 Å². The summed E-state index contributed by atoms with van der Waals surface area (Å²) >= 11 is 8.49. The largest absolute Gasteiger partial charge is 0.389 e. The van der Waals surface area contributed by atoms with Crippen LogP contribution < -0.4 is 11.1 Å². The van der Waals surface area contributed by atoms with Crippen LogP contribution in [0, 0.1) is 0 Å². The van der Waals surface area contributed by atoms with E-state index in [-0.39, 0.29) is 0 Å². The van der Waals surface area contributed by atoms with E-state index in [0.717, 1.165) is 22.1 Å². The fourth-order valence-corrected chi connectivity index (χ4v) is 3.01. The van der Waals surface area contributed by atoms with Crippen LogP contribution in [0.3, 0.4) is 0 Å². The predicted molar refractivity (Wildman–Crippen MR) is 93.3 cm³/mol. The molecule has 0 bridgehead atoms. The van der Waals surface area contributed by atoms with Gasteiger partial charge >= 0.3 is 0 Å². The molecule has 4 heteroatoms. The molecule has 20 heavy (non-hydrogen) atoms. The van der Waals surface area contributed by atoms with Gasteiger partial charge in [-0.3, -0.25) is 0 Å². The van der Waals surface area contributed by atoms with E-state index in [1.807, 2.05) is 24.3 Å². The van der Waals surface area contributed by atoms with E-state index in [9.17, 15) is 0 Å². The van der Waals surface area contributed by atoms with Crippen LogP contribution in [0.15, 0.2) is 53.0 Å². The van der Waals surface area contributed by atoms with E-state index in [2.05, 4.69) is 52.4 Å². The Kier molecular flexibility index (Phi) is 5.15. The van der Waals surface area contributed by atoms with Gasteiger partial charge in [-0.2, -0.15) is 0 Å². The second-order valence-corrected chi connectivity index (χ2v) is 6.09. The Labute approximate surface area is 133 Å². The van der Waals surface area contributed by atoms with E-state index in [0.29, 0.717) is 11.0 Å². The molecule has 0 fully saturated rings. The summed E-state index contributed by atoms with van der Waals surface area (Å²) in [6.07, 6.45) is 0.982. The molecule has 2 aromatic carbocycles. The number of thiocarbonyl (C=S) groups is 1. The Bertz CT molecular complexity index is 599. The van der Waals surface area contributed by atoms with E-state index >= 15 is 0 Å². The second kappa shape index (κ2) is 6.86. The van der Waals surface area contributed by atoms with Gasteiger partial charge in [0.25, 0.3) is 0 Å². The summed E-state index contributed by atoms with van der Waals surface area (Å²) in [4.78, 5) is 0.403. The summed E-state index contributed by atoms with van der Waals surface area (Å²) in [7, 11) is 0. The summed E-state index contributed by atoms with van der Waals surface area (Å²) in [6, 6.07) is 16.7. The van der Waals surface area contributed by atoms with Crippen LogP contribution >= 0.6 is 28.1 Å². The Morgan fingerprint density at radius 1 is 1.25 bits per heavy atom. The zero-order valence-electron chi connectivity index (χ0n) is 11.3. The molecule has 104 valence electrons. The van der Waals surface area contributed by atoms with Crippen molar-refractivity contribution in [1.29, 1.82) is 0 Å². The van der Waals surface area contributed by atoms with Crippen LogP contribution in [-0.2, 0) is 6.42 Å². The first kappa shape index (κ1) is 15.0. The van der Waals surface area contributed by atoms with Crippen LogP contribution in [0.25, 0.3) is 0 Å². The number of nitrogens with one attached hydrogen (secondary N) is 1. The maximum Gasteiger partial charge on any atom is 0.105 e. The molecule has 3 N–H and O–H groups in total. The maximum absolute atomic E-state index is 5.65. The number of benzene rings is 2. The molecule has 2 aromatic rings. The fourth-order valence-electron chi connectivity index (χ4n) is 2.11. The summed E-state index contributed by atoms with van der Waals surface area (Å²) < 4.78 is 0.918. The van der Waals surface area contributed by atoms with Gasteiger partial charge in [0, 0.05) is 21.8 Å². The smallest absolute Gasteiger partial charge is 0.105 e. The lowest BCUT2D eigenvalue weighted by atomic mass is 10.1. The number of nitrogens with two attached hydrogens (primary N) is 1. The zero-order valence-corrected chi connectivity index (χ0v) is 13.7. The van der Waals surface area contributed by atoms with Gasteiger partial charge in [0.1, 0.15) is 4.99 Å². The minimum absolute atomic E-state index is 0.347. The number of rotatable bonds is 5. The molecule has 0 amide bonds. The molecule has 0 saturated heterocycles. The molecular weight excluding hydrogens is 332 g/mol. The number of anilines is 1. The van der Waals surface area contributed by atoms with Crippen molar-refractivity contribution in [2.45, 2.75) is 19.4 Å². The second-order valence-electron chi connectivity index (χ2n) is 4.79. The van der Waals surface area contributed by atoms with Crippen molar-refractivity contribution in [3.8, 4) is 0 Å². The molecular formula is C16H17BrN2S. The highest BCUT2D eigenvalue weighted by molar-refractivity contribution is 9.10. The van der Waals surface area contributed by atoms with Crippen LogP contribution in [0.5, 0.6) is 0 Å². The zero-order chi connectivity index (χ0) is 14.5. The molecule has 1 unspecified atom stereocenters. The molecule has 0 saturated carbocycles. The third-order valence-corrected chi connectivity index (χ3v) is 3.91. The van der Waals surface area contributed by atoms with Crippen molar-refractivity contribution in [3.63, 3.8) is 0 Å². The molecule has 0 radical (unpaired) electrons. The number of hydrogen-bond donors (Lipinski definition) is 2. The number of hydrogen-bond acceptors (Lipinski definition) is 2. The molecule has 0 aliphatic heterocycles. The predicted octanol–water partition coefficient (Wildman–Crippen LogP) is 4.13. The van der Waals surface area contributed by atoms with Gasteiger partial charge in [-0.25, -0.2) is 0 Å². The molecule has 2 nitrogen and oxygen atoms in total. The van der Waals surface area contributed by atoms with Gasteiger partial charge in [-0.15, -0.1) is 0 Å². The third-order valence-electron chi connectivity index (χ3n) is 3.03. The van der Waals surface area contributed by atoms with E-state index in [4.69, 9.17) is 18.0 Å². The highest BCUT2D eigenvalue weighted by Gasteiger charge is 2.07. The molecule has 1 atom stereocenters. The highest BCUT2D eigenvalue weighted by Crippen LogP contribution is 2.22. The lowest BCUT2D eigenvalue weighted by Gasteiger charge is -2.16. The van der Waals surface area contributed by atoms with Crippen LogP contribution in [0.1, 0.15) is 18.1 Å². The topological polar surface area (TPSA) is 38.0 Å². The Morgan fingerprint density at radius 3 is 2.55 bits per heavy atom. The van der Waals surface area contributed by atoms with E-state index in [1.165, 1.54) is 5.56 Å². The van der Waals surface area contributed by atoms with Crippen molar-refractivity contribution in [3.05, 3.63) is 64.1 Å². The monoisotopic (exact) mass is 348 g/mol. The quantitative estimate of drug-likeness (QED) is 0.798. The summed E-state index contributed by atoms with van der Waals surface area (Å²) in [5.41, 5.74) is 8.89. The van der Waals surface area contributed by atoms with Gasteiger partial charge in [0.05, 0.1) is 0 Å². The average molecular weight is 349 g/mol. The summed E-state index contributed by atoms with van der Waals surface area (Å²) in [5, 5.41) is 3.48. The minimum atomic E-state index is 0.347. The van der Waals surface area contributed by atoms with Crippen molar-refractivity contribution >= 4 is 38.8 Å². The van der Waals surface area contributed by atoms with Crippen molar-refractivity contribution < 1.29 is 0 Å². The Hall–Kier alpha value is -1.39. The Balaban J connectivity index is 2.03. The molecule has 0 spiro atoms. The van der Waals surface area contributed by atoms with Crippen molar-refractivity contribution in [2.75, 3.05) is 5.32 Å². The average Bonchev–Trinajstić information content (AvgIpc) is 2.39. The third kappa shape index (κ3) is 4.05. The maximum atomic E-state index is 5.65. The van der Waals surface area contributed by atoms with Crippen LogP contribution in [0.4, 0.5) is 5.69 Å². The van der Waals surface area contributed by atoms with E-state index in [1.54, 1.807) is 0 Å². The first-order chi connectivity index (χ1) is 9.56. The van der Waals surface area contributed by atoms with Gasteiger partial charge in [0.2, 0.25) is 0 Å². The Morgan fingerprint density at radius 2 is 1.95 bits per heavy atom. The first-order valence-electron chi connectivity index (χ1n) is 6.46. The molecule has 0 heterocycles. The van der Waals surface area contributed by atoms with Crippen LogP contribution in [0.2, 0.25) is 0 Å². The molecule has 2 rings (SSSR count). The van der Waals surface area contributed by atoms with Gasteiger partial charge in [0.15, 0.2) is 0 Å². The normalized spacial score (nSPS) is 11.9. The molecule has 0 aromatic heterocycles. The highest BCUT2D eigenvalue weighted by atomic mass is 79.9. The van der Waals surface area contributed by atoms with Crippen molar-refractivity contribution in [1.82, 2.24) is 0 Å². The standard InChI is InChI=1S/C16H17BrN2S/c1-11(9-12-5-3-2-4-6-12)19-13-7-8-14(16(18)20)15(17)10-13/h2-8,10-11,19H,9H2,1H3,(H2,18,20). The lowest BCUT2D eigenvalue weighted by molar-refractivity contribution is 0.790. The van der Waals surface area contributed by atoms with E-state index < -0.39 is 0 Å².